The fourth-order valence-electron chi connectivity index (χ4n) is 2.81. The molecule has 0 fully saturated rings. The Bertz CT molecular complexity index is 906. The highest BCUT2D eigenvalue weighted by molar-refractivity contribution is 8.00. The molecule has 140 valence electrons. The molecule has 2 aromatic carbocycles. The van der Waals surface area contributed by atoms with Crippen LogP contribution in [0.15, 0.2) is 58.3 Å². The normalized spacial score (nSPS) is 12.0. The van der Waals surface area contributed by atoms with E-state index < -0.39 is 0 Å². The molecule has 1 amide bonds. The maximum atomic E-state index is 12.3. The minimum absolute atomic E-state index is 0.00253. The van der Waals surface area contributed by atoms with Crippen molar-refractivity contribution in [2.75, 3.05) is 0 Å². The van der Waals surface area contributed by atoms with Gasteiger partial charge in [-0.1, -0.05) is 65.9 Å². The van der Waals surface area contributed by atoms with Crippen LogP contribution in [0.3, 0.4) is 0 Å². The van der Waals surface area contributed by atoms with Gasteiger partial charge in [-0.25, -0.2) is 4.98 Å². The van der Waals surface area contributed by atoms with Gasteiger partial charge in [-0.3, -0.25) is 4.79 Å². The molecule has 0 bridgehead atoms. The Hall–Kier alpha value is -2.11. The van der Waals surface area contributed by atoms with Crippen molar-refractivity contribution in [1.82, 2.24) is 10.3 Å². The molecule has 0 saturated heterocycles. The number of nitrogens with one attached hydrogen (secondary N) is 1. The lowest BCUT2D eigenvalue weighted by atomic mass is 10.1. The van der Waals surface area contributed by atoms with Gasteiger partial charge in [-0.2, -0.15) is 0 Å². The molecule has 0 aliphatic carbocycles. The number of amides is 1. The van der Waals surface area contributed by atoms with E-state index >= 15 is 0 Å². The van der Waals surface area contributed by atoms with E-state index in [9.17, 15) is 4.79 Å². The highest BCUT2D eigenvalue weighted by Gasteiger charge is 2.12. The van der Waals surface area contributed by atoms with E-state index in [0.717, 1.165) is 21.3 Å². The molecule has 27 heavy (non-hydrogen) atoms. The second kappa shape index (κ2) is 9.20. The summed E-state index contributed by atoms with van der Waals surface area (Å²) >= 11 is 3.34. The number of nitrogens with zero attached hydrogens (tertiary/aromatic N) is 1. The van der Waals surface area contributed by atoms with Gasteiger partial charge in [0.1, 0.15) is 4.34 Å². The van der Waals surface area contributed by atoms with E-state index in [2.05, 4.69) is 42.3 Å². The number of carbonyl (C=O) groups excluding carboxylic acids is 1. The Kier molecular flexibility index (Phi) is 6.69. The third-order valence-corrected chi connectivity index (χ3v) is 6.52. The van der Waals surface area contributed by atoms with Crippen LogP contribution in [-0.4, -0.2) is 10.9 Å². The molecule has 3 nitrogen and oxygen atoms in total. The fraction of sp³-hybridized carbons (Fsp3) is 0.273. The first kappa shape index (κ1) is 19.6. The number of carbonyl (C=O) groups is 1. The molecule has 0 spiro atoms. The van der Waals surface area contributed by atoms with Crippen LogP contribution in [0, 0.1) is 13.8 Å². The van der Waals surface area contributed by atoms with Crippen LogP contribution in [0.5, 0.6) is 0 Å². The zero-order chi connectivity index (χ0) is 19.2. The van der Waals surface area contributed by atoms with Gasteiger partial charge in [0.2, 0.25) is 5.91 Å². The van der Waals surface area contributed by atoms with E-state index in [1.165, 1.54) is 16.7 Å². The van der Waals surface area contributed by atoms with Crippen molar-refractivity contribution < 1.29 is 4.79 Å². The van der Waals surface area contributed by atoms with Gasteiger partial charge in [0.25, 0.3) is 0 Å². The molecular weight excluding hydrogens is 372 g/mol. The summed E-state index contributed by atoms with van der Waals surface area (Å²) in [6, 6.07) is 16.5. The van der Waals surface area contributed by atoms with Crippen LogP contribution >= 0.6 is 23.1 Å². The first-order valence-corrected chi connectivity index (χ1v) is 10.9. The van der Waals surface area contributed by atoms with Gasteiger partial charge in [0.05, 0.1) is 18.2 Å². The van der Waals surface area contributed by atoms with Crippen LogP contribution in [-0.2, 0) is 17.0 Å². The Balaban J connectivity index is 1.53. The number of benzene rings is 2. The zero-order valence-corrected chi connectivity index (χ0v) is 17.5. The summed E-state index contributed by atoms with van der Waals surface area (Å²) in [6.07, 6.45) is 0.317. The summed E-state index contributed by atoms with van der Waals surface area (Å²) < 4.78 is 1.01. The predicted octanol–water partition coefficient (Wildman–Crippen LogP) is 5.47. The lowest BCUT2D eigenvalue weighted by Crippen LogP contribution is -2.28. The van der Waals surface area contributed by atoms with E-state index in [1.54, 1.807) is 23.1 Å². The molecule has 1 N–H and O–H groups in total. The summed E-state index contributed by atoms with van der Waals surface area (Å²) in [5.74, 6) is 0.903. The van der Waals surface area contributed by atoms with E-state index in [4.69, 9.17) is 0 Å². The average molecular weight is 397 g/mol. The van der Waals surface area contributed by atoms with Crippen LogP contribution < -0.4 is 5.32 Å². The zero-order valence-electron chi connectivity index (χ0n) is 15.9. The number of aryl methyl sites for hydroxylation is 2. The van der Waals surface area contributed by atoms with Crippen molar-refractivity contribution in [2.24, 2.45) is 0 Å². The summed E-state index contributed by atoms with van der Waals surface area (Å²) in [6.45, 7) is 6.25. The second-order valence-electron chi connectivity index (χ2n) is 6.70. The predicted molar refractivity (Wildman–Crippen MR) is 114 cm³/mol. The molecule has 0 saturated carbocycles. The van der Waals surface area contributed by atoms with Crippen molar-refractivity contribution in [3.63, 3.8) is 0 Å². The number of thiazole rings is 1. The van der Waals surface area contributed by atoms with Gasteiger partial charge in [-0.15, -0.1) is 11.3 Å². The Morgan fingerprint density at radius 3 is 2.74 bits per heavy atom. The smallest absolute Gasteiger partial charge is 0.226 e. The highest BCUT2D eigenvalue weighted by atomic mass is 32.2. The molecule has 1 unspecified atom stereocenters. The molecule has 0 aliphatic rings. The van der Waals surface area contributed by atoms with E-state index in [1.807, 2.05) is 42.6 Å². The first-order valence-electron chi connectivity index (χ1n) is 8.99. The minimum Gasteiger partial charge on any atom is -0.349 e. The largest absolute Gasteiger partial charge is 0.349 e. The van der Waals surface area contributed by atoms with Crippen molar-refractivity contribution in [2.45, 2.75) is 43.3 Å². The quantitative estimate of drug-likeness (QED) is 0.538. The van der Waals surface area contributed by atoms with E-state index in [-0.39, 0.29) is 11.9 Å². The average Bonchev–Trinajstić information content (AvgIpc) is 3.10. The van der Waals surface area contributed by atoms with Crippen molar-refractivity contribution >= 4 is 29.0 Å². The standard InChI is InChI=1S/C22H24N2OS2/c1-15-9-10-16(2)19(11-15)13-26-22-24-20(14-27-22)12-21(25)23-17(3)18-7-5-4-6-8-18/h4-11,14,17H,12-13H2,1-3H3,(H,23,25). The van der Waals surface area contributed by atoms with Gasteiger partial charge in [0.15, 0.2) is 0 Å². The van der Waals surface area contributed by atoms with Gasteiger partial charge < -0.3 is 5.32 Å². The van der Waals surface area contributed by atoms with Crippen LogP contribution in [0.1, 0.15) is 40.9 Å². The summed E-state index contributed by atoms with van der Waals surface area (Å²) in [5.41, 5.74) is 5.86. The Morgan fingerprint density at radius 1 is 1.19 bits per heavy atom. The van der Waals surface area contributed by atoms with Gasteiger partial charge >= 0.3 is 0 Å². The maximum Gasteiger partial charge on any atom is 0.226 e. The lowest BCUT2D eigenvalue weighted by molar-refractivity contribution is -0.121. The number of thioether (sulfide) groups is 1. The van der Waals surface area contributed by atoms with Crippen LogP contribution in [0.25, 0.3) is 0 Å². The molecule has 0 aliphatic heterocycles. The monoisotopic (exact) mass is 396 g/mol. The molecule has 1 atom stereocenters. The number of rotatable bonds is 7. The third-order valence-electron chi connectivity index (χ3n) is 4.41. The summed E-state index contributed by atoms with van der Waals surface area (Å²) in [7, 11) is 0. The van der Waals surface area contributed by atoms with Gasteiger partial charge in [0, 0.05) is 11.1 Å². The number of hydrogen-bond acceptors (Lipinski definition) is 4. The topological polar surface area (TPSA) is 42.0 Å². The number of aromatic nitrogens is 1. The third kappa shape index (κ3) is 5.68. The second-order valence-corrected chi connectivity index (χ2v) is 8.78. The van der Waals surface area contributed by atoms with Crippen LogP contribution in [0.2, 0.25) is 0 Å². The lowest BCUT2D eigenvalue weighted by Gasteiger charge is -2.13. The van der Waals surface area contributed by atoms with Gasteiger partial charge in [-0.05, 0) is 37.5 Å². The molecule has 5 heteroatoms. The molecular formula is C22H24N2OS2. The molecule has 1 aromatic heterocycles. The van der Waals surface area contributed by atoms with Crippen molar-refractivity contribution in [3.05, 3.63) is 81.9 Å². The maximum absolute atomic E-state index is 12.3. The van der Waals surface area contributed by atoms with E-state index in [0.29, 0.717) is 6.42 Å². The summed E-state index contributed by atoms with van der Waals surface area (Å²) in [4.78, 5) is 16.9. The Labute approximate surface area is 169 Å². The molecule has 3 rings (SSSR count). The molecule has 1 heterocycles. The first-order chi connectivity index (χ1) is 13.0. The van der Waals surface area contributed by atoms with Crippen LogP contribution in [0.4, 0.5) is 0 Å². The SMILES string of the molecule is Cc1ccc(C)c(CSc2nc(CC(=O)NC(C)c3ccccc3)cs2)c1. The van der Waals surface area contributed by atoms with Crippen molar-refractivity contribution in [3.8, 4) is 0 Å². The summed E-state index contributed by atoms with van der Waals surface area (Å²) in [5, 5.41) is 5.03. The number of hydrogen-bond donors (Lipinski definition) is 1. The Morgan fingerprint density at radius 2 is 1.96 bits per heavy atom. The molecule has 3 aromatic rings. The fourth-order valence-corrected chi connectivity index (χ4v) is 4.72. The highest BCUT2D eigenvalue weighted by Crippen LogP contribution is 2.28. The minimum atomic E-state index is -0.00419. The van der Waals surface area contributed by atoms with Crippen molar-refractivity contribution in [1.29, 1.82) is 0 Å². The molecule has 0 radical (unpaired) electrons.